The average molecular weight is 477 g/mol. The van der Waals surface area contributed by atoms with Crippen molar-refractivity contribution in [1.82, 2.24) is 0 Å². The predicted molar refractivity (Wildman–Crippen MR) is 152 cm³/mol. The Hall–Kier alpha value is 3.02. The molecule has 1 N–H and O–H groups in total. The normalized spacial score (nSPS) is 10.4. The molecule has 0 aliphatic carbocycles. The van der Waals surface area contributed by atoms with Gasteiger partial charge in [0.2, 0.25) is 0 Å². The van der Waals surface area contributed by atoms with Gasteiger partial charge in [0.05, 0.1) is 0 Å². The Morgan fingerprint density at radius 2 is 0.467 bits per heavy atom. The van der Waals surface area contributed by atoms with Crippen LogP contribution in [0.4, 0.5) is 0 Å². The van der Waals surface area contributed by atoms with Crippen molar-refractivity contribution in [3.63, 3.8) is 0 Å². The Balaban J connectivity index is -0.000000121. The molecule has 0 aliphatic rings. The maximum atomic E-state index is 7.00. The van der Waals surface area contributed by atoms with Gasteiger partial charge in [0.25, 0.3) is 28.3 Å². The van der Waals surface area contributed by atoms with Gasteiger partial charge in [-0.25, -0.2) is 0 Å². The summed E-state index contributed by atoms with van der Waals surface area (Å²) in [6.45, 7) is 28.5. The van der Waals surface area contributed by atoms with Crippen molar-refractivity contribution in [1.29, 1.82) is 0 Å². The van der Waals surface area contributed by atoms with E-state index in [4.69, 9.17) is 5.11 Å². The van der Waals surface area contributed by atoms with Crippen molar-refractivity contribution in [3.05, 3.63) is 0 Å². The molecule has 0 unspecified atom stereocenters. The Morgan fingerprint density at radius 3 is 0.533 bits per heavy atom. The van der Waals surface area contributed by atoms with Crippen LogP contribution in [0.15, 0.2) is 0 Å². The van der Waals surface area contributed by atoms with Gasteiger partial charge in [-0.3, -0.25) is 0 Å². The number of hydrogen-bond donors (Lipinski definition) is 1. The molecule has 0 aliphatic heterocycles. The molecule has 0 aromatic rings. The van der Waals surface area contributed by atoms with Crippen LogP contribution >= 0.6 is 0 Å². The molecule has 0 atom stereocenters. The van der Waals surface area contributed by atoms with E-state index in [1.54, 1.807) is 31.7 Å². The SMILES string of the molecule is CC(C)[CH2][Al]([CH2]C(C)C)[CH2]C(C)C.CC(C)[CH2][Al]([CH2]C(C)C)[CH2]C(C)C.CO.[NaH].[NaH]. The minimum absolute atomic E-state index is 0. The first kappa shape index (κ1) is 43.1. The van der Waals surface area contributed by atoms with Crippen LogP contribution in [0.25, 0.3) is 0 Å². The van der Waals surface area contributed by atoms with Crippen molar-refractivity contribution in [3.8, 4) is 0 Å². The Labute approximate surface area is 247 Å². The van der Waals surface area contributed by atoms with Crippen LogP contribution in [0.3, 0.4) is 0 Å². The Morgan fingerprint density at radius 1 is 0.367 bits per heavy atom. The van der Waals surface area contributed by atoms with E-state index in [0.717, 1.165) is 42.6 Å². The molecule has 5 heteroatoms. The van der Waals surface area contributed by atoms with E-state index in [0.29, 0.717) is 0 Å². The second-order valence-corrected chi connectivity index (χ2v) is 17.8. The third kappa shape index (κ3) is 38.3. The van der Waals surface area contributed by atoms with Gasteiger partial charge < -0.3 is 5.11 Å². The van der Waals surface area contributed by atoms with Gasteiger partial charge in [-0.1, -0.05) is 150 Å². The summed E-state index contributed by atoms with van der Waals surface area (Å²) in [7, 11) is 1.00. The van der Waals surface area contributed by atoms with Crippen LogP contribution in [0, 0.1) is 35.5 Å². The molecule has 0 radical (unpaired) electrons. The average Bonchev–Trinajstić information content (AvgIpc) is 2.45. The van der Waals surface area contributed by atoms with E-state index in [1.165, 1.54) is 0 Å². The maximum absolute atomic E-state index is 7.00. The zero-order chi connectivity index (χ0) is 22.9. The van der Waals surface area contributed by atoms with Crippen molar-refractivity contribution in [2.75, 3.05) is 7.11 Å². The molecular formula is C25H60Al2Na2O. The Kier molecular flexibility index (Phi) is 40.6. The van der Waals surface area contributed by atoms with E-state index in [9.17, 15) is 0 Å². The molecular weight excluding hydrogens is 416 g/mol. The quantitative estimate of drug-likeness (QED) is 0.295. The van der Waals surface area contributed by atoms with Crippen LogP contribution < -0.4 is 0 Å². The summed E-state index contributed by atoms with van der Waals surface area (Å²) in [4.78, 5) is 0. The molecule has 0 aromatic carbocycles. The molecule has 0 saturated carbocycles. The molecule has 0 saturated heterocycles. The molecule has 0 aromatic heterocycles. The third-order valence-corrected chi connectivity index (χ3v) is 14.5. The summed E-state index contributed by atoms with van der Waals surface area (Å²) in [5, 5.41) is 16.3. The summed E-state index contributed by atoms with van der Waals surface area (Å²) in [6.07, 6.45) is 0. The van der Waals surface area contributed by atoms with Crippen molar-refractivity contribution >= 4 is 87.4 Å². The van der Waals surface area contributed by atoms with Crippen LogP contribution in [-0.2, 0) is 0 Å². The molecule has 30 heavy (non-hydrogen) atoms. The van der Waals surface area contributed by atoms with Crippen LogP contribution in [0.1, 0.15) is 83.1 Å². The molecule has 1 nitrogen and oxygen atoms in total. The molecule has 0 spiro atoms. The van der Waals surface area contributed by atoms with Gasteiger partial charge in [0.15, 0.2) is 0 Å². The van der Waals surface area contributed by atoms with Gasteiger partial charge in [0, 0.05) is 7.11 Å². The summed E-state index contributed by atoms with van der Waals surface area (Å²) in [5.41, 5.74) is 0. The zero-order valence-electron chi connectivity index (χ0n) is 22.3. The molecule has 174 valence electrons. The van der Waals surface area contributed by atoms with Crippen LogP contribution in [0.5, 0.6) is 0 Å². The molecule has 0 heterocycles. The second kappa shape index (κ2) is 28.3. The third-order valence-electron chi connectivity index (χ3n) is 4.83. The first-order chi connectivity index (χ1) is 12.8. The summed E-state index contributed by atoms with van der Waals surface area (Å²) >= 11 is -0.815. The van der Waals surface area contributed by atoms with E-state index >= 15 is 0 Å². The standard InChI is InChI=1S/6C4H9.CH4O.2Al.2Na.2H/c6*1-4(2)3;1-2;;;;;;/h6*4H,1H2,2-3H3;2H,1H3;;;;;;. The van der Waals surface area contributed by atoms with Crippen molar-refractivity contribution in [2.45, 2.75) is 115 Å². The Bertz CT molecular complexity index is 232. The van der Waals surface area contributed by atoms with E-state index < -0.39 is 28.3 Å². The van der Waals surface area contributed by atoms with Gasteiger partial charge in [-0.05, 0) is 0 Å². The molecule has 0 rings (SSSR count). The van der Waals surface area contributed by atoms with Gasteiger partial charge >= 0.3 is 59.1 Å². The predicted octanol–water partition coefficient (Wildman–Crippen LogP) is 7.21. The summed E-state index contributed by atoms with van der Waals surface area (Å²) in [5.74, 6) is 5.55. The zero-order valence-corrected chi connectivity index (χ0v) is 24.6. The monoisotopic (exact) mass is 476 g/mol. The van der Waals surface area contributed by atoms with Crippen LogP contribution in [-0.4, -0.2) is 99.6 Å². The topological polar surface area (TPSA) is 20.2 Å². The fourth-order valence-electron chi connectivity index (χ4n) is 4.58. The summed E-state index contributed by atoms with van der Waals surface area (Å²) in [6, 6.07) is 0. The fraction of sp³-hybridized carbons (Fsp3) is 1.00. The van der Waals surface area contributed by atoms with E-state index in [2.05, 4.69) is 83.1 Å². The first-order valence-electron chi connectivity index (χ1n) is 12.3. The second-order valence-electron chi connectivity index (χ2n) is 11.5. The van der Waals surface area contributed by atoms with Crippen LogP contribution in [0.2, 0.25) is 31.7 Å². The number of aliphatic hydroxyl groups excluding tert-OH is 1. The fourth-order valence-corrected chi connectivity index (χ4v) is 13.7. The molecule has 0 bridgehead atoms. The van der Waals surface area contributed by atoms with Crippen molar-refractivity contribution < 1.29 is 5.11 Å². The number of rotatable bonds is 12. The number of hydrogen-bond acceptors (Lipinski definition) is 1. The van der Waals surface area contributed by atoms with E-state index in [-0.39, 0.29) is 59.1 Å². The van der Waals surface area contributed by atoms with Gasteiger partial charge in [0.1, 0.15) is 0 Å². The minimum atomic E-state index is -0.407. The summed E-state index contributed by atoms with van der Waals surface area (Å²) < 4.78 is 0. The number of aliphatic hydroxyl groups is 1. The molecule has 0 fully saturated rings. The molecule has 0 amide bonds. The first-order valence-corrected chi connectivity index (χ1v) is 17.2. The van der Waals surface area contributed by atoms with Crippen molar-refractivity contribution in [2.24, 2.45) is 35.5 Å². The van der Waals surface area contributed by atoms with Gasteiger partial charge in [-0.2, -0.15) is 0 Å². The van der Waals surface area contributed by atoms with E-state index in [1.807, 2.05) is 0 Å². The van der Waals surface area contributed by atoms with Gasteiger partial charge in [-0.15, -0.1) is 0 Å².